The van der Waals surface area contributed by atoms with Gasteiger partial charge >= 0.3 is 0 Å². The number of carbonyl (C=O) groups is 1. The van der Waals surface area contributed by atoms with E-state index < -0.39 is 10.0 Å². The minimum Gasteiger partial charge on any atom is -0.361 e. The average Bonchev–Trinajstić information content (AvgIpc) is 3.01. The molecule has 0 atom stereocenters. The van der Waals surface area contributed by atoms with Gasteiger partial charge in [0.25, 0.3) is 5.91 Å². The molecule has 1 fully saturated rings. The van der Waals surface area contributed by atoms with Crippen molar-refractivity contribution in [3.8, 4) is 0 Å². The van der Waals surface area contributed by atoms with Crippen LogP contribution in [0.5, 0.6) is 0 Å². The first-order valence-electron chi connectivity index (χ1n) is 7.26. The quantitative estimate of drug-likeness (QED) is 0.839. The number of carbonyl (C=O) groups excluding carboxylic acids is 1. The van der Waals surface area contributed by atoms with Crippen LogP contribution >= 0.6 is 0 Å². The Balaban J connectivity index is 1.68. The number of aromatic nitrogens is 1. The maximum atomic E-state index is 12.5. The SMILES string of the molecule is Cc1cc(C(=O)N2CCN(S(=O)(=O)c3ccccc3)CC2)no1. The molecule has 7 nitrogen and oxygen atoms in total. The molecule has 0 spiro atoms. The Morgan fingerprint density at radius 2 is 1.78 bits per heavy atom. The number of hydrogen-bond donors (Lipinski definition) is 0. The summed E-state index contributed by atoms with van der Waals surface area (Å²) in [6, 6.07) is 9.89. The van der Waals surface area contributed by atoms with Gasteiger partial charge < -0.3 is 9.42 Å². The molecule has 1 amide bonds. The van der Waals surface area contributed by atoms with E-state index in [4.69, 9.17) is 4.52 Å². The van der Waals surface area contributed by atoms with Crippen molar-refractivity contribution in [3.05, 3.63) is 47.9 Å². The van der Waals surface area contributed by atoms with Gasteiger partial charge in [-0.25, -0.2) is 8.42 Å². The second kappa shape index (κ2) is 6.13. The van der Waals surface area contributed by atoms with Crippen LogP contribution in [0.2, 0.25) is 0 Å². The van der Waals surface area contributed by atoms with E-state index in [1.807, 2.05) is 0 Å². The molecule has 8 heteroatoms. The van der Waals surface area contributed by atoms with E-state index in [2.05, 4.69) is 5.16 Å². The summed E-state index contributed by atoms with van der Waals surface area (Å²) in [6.07, 6.45) is 0. The van der Waals surface area contributed by atoms with Gasteiger partial charge in [-0.15, -0.1) is 0 Å². The third-order valence-corrected chi connectivity index (χ3v) is 5.67. The van der Waals surface area contributed by atoms with Crippen molar-refractivity contribution in [1.29, 1.82) is 0 Å². The maximum absolute atomic E-state index is 12.5. The summed E-state index contributed by atoms with van der Waals surface area (Å²) >= 11 is 0. The number of nitrogens with zero attached hydrogens (tertiary/aromatic N) is 3. The van der Waals surface area contributed by atoms with E-state index in [-0.39, 0.29) is 29.6 Å². The Bertz CT molecular complexity index is 793. The van der Waals surface area contributed by atoms with Gasteiger partial charge in [-0.05, 0) is 19.1 Å². The van der Waals surface area contributed by atoms with E-state index in [9.17, 15) is 13.2 Å². The molecular formula is C15H17N3O4S. The van der Waals surface area contributed by atoms with E-state index >= 15 is 0 Å². The molecular weight excluding hydrogens is 318 g/mol. The van der Waals surface area contributed by atoms with Crippen LogP contribution in [0.4, 0.5) is 0 Å². The summed E-state index contributed by atoms with van der Waals surface area (Å²) < 4.78 is 31.4. The van der Waals surface area contributed by atoms with Gasteiger partial charge in [0.1, 0.15) is 5.76 Å². The van der Waals surface area contributed by atoms with Gasteiger partial charge in [-0.3, -0.25) is 4.79 Å². The van der Waals surface area contributed by atoms with Gasteiger partial charge in [-0.1, -0.05) is 23.4 Å². The first-order chi connectivity index (χ1) is 11.0. The fourth-order valence-electron chi connectivity index (χ4n) is 2.50. The first kappa shape index (κ1) is 15.7. The summed E-state index contributed by atoms with van der Waals surface area (Å²) in [5.74, 6) is 0.331. The normalized spacial score (nSPS) is 16.5. The highest BCUT2D eigenvalue weighted by Gasteiger charge is 2.31. The largest absolute Gasteiger partial charge is 0.361 e. The highest BCUT2D eigenvalue weighted by molar-refractivity contribution is 7.89. The Kier molecular flexibility index (Phi) is 4.18. The lowest BCUT2D eigenvalue weighted by Crippen LogP contribution is -2.50. The Hall–Kier alpha value is -2.19. The van der Waals surface area contributed by atoms with Crippen molar-refractivity contribution in [1.82, 2.24) is 14.4 Å². The van der Waals surface area contributed by atoms with Gasteiger partial charge in [0, 0.05) is 32.2 Å². The molecule has 0 radical (unpaired) electrons. The molecule has 2 heterocycles. The van der Waals surface area contributed by atoms with Crippen molar-refractivity contribution < 1.29 is 17.7 Å². The second-order valence-corrected chi connectivity index (χ2v) is 7.27. The van der Waals surface area contributed by atoms with Crippen LogP contribution in [0, 0.1) is 6.92 Å². The molecule has 1 saturated heterocycles. The zero-order chi connectivity index (χ0) is 16.4. The average molecular weight is 335 g/mol. The molecule has 0 unspecified atom stereocenters. The fraction of sp³-hybridized carbons (Fsp3) is 0.333. The molecule has 0 bridgehead atoms. The van der Waals surface area contributed by atoms with Crippen LogP contribution in [0.1, 0.15) is 16.2 Å². The minimum absolute atomic E-state index is 0.237. The minimum atomic E-state index is -3.51. The van der Waals surface area contributed by atoms with E-state index in [1.54, 1.807) is 48.2 Å². The van der Waals surface area contributed by atoms with Gasteiger partial charge in [0.15, 0.2) is 5.69 Å². The Labute approximate surface area is 134 Å². The second-order valence-electron chi connectivity index (χ2n) is 5.33. The number of piperazine rings is 1. The first-order valence-corrected chi connectivity index (χ1v) is 8.70. The van der Waals surface area contributed by atoms with Gasteiger partial charge in [-0.2, -0.15) is 4.31 Å². The molecule has 2 aromatic rings. The predicted molar refractivity (Wildman–Crippen MR) is 82.3 cm³/mol. The number of aryl methyl sites for hydroxylation is 1. The molecule has 0 aliphatic carbocycles. The van der Waals surface area contributed by atoms with Crippen LogP contribution in [0.15, 0.2) is 45.8 Å². The molecule has 23 heavy (non-hydrogen) atoms. The monoisotopic (exact) mass is 335 g/mol. The lowest BCUT2D eigenvalue weighted by Gasteiger charge is -2.33. The molecule has 0 saturated carbocycles. The van der Waals surface area contributed by atoms with Crippen LogP contribution < -0.4 is 0 Å². The lowest BCUT2D eigenvalue weighted by atomic mass is 10.3. The molecule has 1 aliphatic rings. The van der Waals surface area contributed by atoms with Crippen molar-refractivity contribution in [3.63, 3.8) is 0 Å². The van der Waals surface area contributed by atoms with Crippen molar-refractivity contribution in [2.75, 3.05) is 26.2 Å². The number of benzene rings is 1. The maximum Gasteiger partial charge on any atom is 0.276 e. The predicted octanol–water partition coefficient (Wildman–Crippen LogP) is 1.13. The molecule has 3 rings (SSSR count). The van der Waals surface area contributed by atoms with Crippen LogP contribution in [0.25, 0.3) is 0 Å². The topological polar surface area (TPSA) is 83.7 Å². The van der Waals surface area contributed by atoms with E-state index in [0.29, 0.717) is 18.8 Å². The third-order valence-electron chi connectivity index (χ3n) is 3.75. The number of hydrogen-bond acceptors (Lipinski definition) is 5. The zero-order valence-electron chi connectivity index (χ0n) is 12.7. The molecule has 1 aromatic carbocycles. The summed E-state index contributed by atoms with van der Waals surface area (Å²) in [5.41, 5.74) is 0.252. The van der Waals surface area contributed by atoms with Crippen LogP contribution in [-0.2, 0) is 10.0 Å². The molecule has 122 valence electrons. The summed E-state index contributed by atoms with van der Waals surface area (Å²) in [5, 5.41) is 3.71. The lowest BCUT2D eigenvalue weighted by molar-refractivity contribution is 0.0687. The number of rotatable bonds is 3. The van der Waals surface area contributed by atoms with Crippen molar-refractivity contribution in [2.45, 2.75) is 11.8 Å². The van der Waals surface area contributed by atoms with Gasteiger partial charge in [0.05, 0.1) is 4.90 Å². The summed E-state index contributed by atoms with van der Waals surface area (Å²) in [7, 11) is -3.51. The van der Waals surface area contributed by atoms with E-state index in [1.165, 1.54) is 4.31 Å². The van der Waals surface area contributed by atoms with Gasteiger partial charge in [0.2, 0.25) is 10.0 Å². The zero-order valence-corrected chi connectivity index (χ0v) is 13.5. The van der Waals surface area contributed by atoms with Crippen LogP contribution in [0.3, 0.4) is 0 Å². The number of amides is 1. The molecule has 1 aliphatic heterocycles. The summed E-state index contributed by atoms with van der Waals surface area (Å²) in [4.78, 5) is 14.1. The van der Waals surface area contributed by atoms with Crippen LogP contribution in [-0.4, -0.2) is 54.9 Å². The standard InChI is InChI=1S/C15H17N3O4S/c1-12-11-14(16-22-12)15(19)17-7-9-18(10-8-17)23(20,21)13-5-3-2-4-6-13/h2-6,11H,7-10H2,1H3. The van der Waals surface area contributed by atoms with Crippen molar-refractivity contribution in [2.24, 2.45) is 0 Å². The third kappa shape index (κ3) is 3.13. The highest BCUT2D eigenvalue weighted by atomic mass is 32.2. The highest BCUT2D eigenvalue weighted by Crippen LogP contribution is 2.18. The van der Waals surface area contributed by atoms with E-state index in [0.717, 1.165) is 0 Å². The number of sulfonamides is 1. The molecule has 1 aromatic heterocycles. The Morgan fingerprint density at radius 1 is 1.13 bits per heavy atom. The summed E-state index contributed by atoms with van der Waals surface area (Å²) in [6.45, 7) is 2.90. The smallest absolute Gasteiger partial charge is 0.276 e. The fourth-order valence-corrected chi connectivity index (χ4v) is 3.95. The molecule has 0 N–H and O–H groups in total. The van der Waals surface area contributed by atoms with Crippen molar-refractivity contribution >= 4 is 15.9 Å². The Morgan fingerprint density at radius 3 is 2.35 bits per heavy atom.